The number of carbonyl (C=O) groups is 2. The van der Waals surface area contributed by atoms with E-state index in [1.54, 1.807) is 13.8 Å². The van der Waals surface area contributed by atoms with Crippen molar-refractivity contribution in [3.63, 3.8) is 0 Å². The van der Waals surface area contributed by atoms with Crippen molar-refractivity contribution in [2.45, 2.75) is 20.8 Å². The molecule has 0 aromatic rings. The third-order valence-electron chi connectivity index (χ3n) is 2.32. The minimum absolute atomic E-state index is 0.0184. The summed E-state index contributed by atoms with van der Waals surface area (Å²) in [5, 5.41) is 0. The van der Waals surface area contributed by atoms with Crippen LogP contribution in [0.4, 0.5) is 0 Å². The van der Waals surface area contributed by atoms with Crippen LogP contribution < -0.4 is 0 Å². The van der Waals surface area contributed by atoms with E-state index in [0.29, 0.717) is 0 Å². The second-order valence-corrected chi connectivity index (χ2v) is 5.76. The van der Waals surface area contributed by atoms with Crippen LogP contribution >= 0.6 is 0 Å². The van der Waals surface area contributed by atoms with Crippen molar-refractivity contribution < 1.29 is 22.2 Å². The molecule has 0 aromatic carbocycles. The van der Waals surface area contributed by atoms with Gasteiger partial charge in [0, 0.05) is 11.1 Å². The van der Waals surface area contributed by atoms with Crippen LogP contribution in [0.15, 0.2) is 23.0 Å². The first-order valence-electron chi connectivity index (χ1n) is 5.04. The van der Waals surface area contributed by atoms with Crippen molar-refractivity contribution in [2.75, 3.05) is 6.26 Å². The van der Waals surface area contributed by atoms with E-state index in [-0.39, 0.29) is 22.8 Å². The first kappa shape index (κ1) is 13.6. The fourth-order valence-corrected chi connectivity index (χ4v) is 1.91. The van der Waals surface area contributed by atoms with Crippen LogP contribution in [-0.2, 0) is 23.9 Å². The lowest BCUT2D eigenvalue weighted by molar-refractivity contribution is -0.117. The molecule has 0 spiro atoms. The van der Waals surface area contributed by atoms with Gasteiger partial charge in [0.25, 0.3) is 0 Å². The summed E-state index contributed by atoms with van der Waals surface area (Å²) >= 11 is 0. The highest BCUT2D eigenvalue weighted by atomic mass is 32.2. The van der Waals surface area contributed by atoms with Gasteiger partial charge in [-0.3, -0.25) is 9.59 Å². The van der Waals surface area contributed by atoms with Crippen molar-refractivity contribution in [1.82, 2.24) is 0 Å². The highest BCUT2D eigenvalue weighted by molar-refractivity contribution is 7.86. The Kier molecular flexibility index (Phi) is 3.56. The second-order valence-electron chi connectivity index (χ2n) is 4.19. The van der Waals surface area contributed by atoms with E-state index in [0.717, 1.165) is 6.26 Å². The van der Waals surface area contributed by atoms with Crippen LogP contribution in [0.2, 0.25) is 0 Å². The average molecular weight is 258 g/mol. The van der Waals surface area contributed by atoms with Gasteiger partial charge < -0.3 is 4.18 Å². The summed E-state index contributed by atoms with van der Waals surface area (Å²) in [4.78, 5) is 23.5. The van der Waals surface area contributed by atoms with Crippen LogP contribution in [-0.4, -0.2) is 26.2 Å². The molecule has 1 aliphatic rings. The Hall–Kier alpha value is -1.43. The normalized spacial score (nSPS) is 17.6. The summed E-state index contributed by atoms with van der Waals surface area (Å²) in [6.45, 7) is 4.86. The summed E-state index contributed by atoms with van der Waals surface area (Å²) in [7, 11) is -3.82. The zero-order chi connectivity index (χ0) is 13.4. The first-order valence-corrected chi connectivity index (χ1v) is 6.86. The van der Waals surface area contributed by atoms with Crippen molar-refractivity contribution >= 4 is 21.7 Å². The van der Waals surface area contributed by atoms with Gasteiger partial charge in [0.2, 0.25) is 5.78 Å². The van der Waals surface area contributed by atoms with Crippen LogP contribution in [0.3, 0.4) is 0 Å². The molecule has 5 nitrogen and oxygen atoms in total. The molecule has 0 fully saturated rings. The molecule has 0 unspecified atom stereocenters. The second kappa shape index (κ2) is 4.44. The van der Waals surface area contributed by atoms with Gasteiger partial charge in [-0.1, -0.05) is 13.8 Å². The molecule has 1 aliphatic carbocycles. The molecular weight excluding hydrogens is 244 g/mol. The Bertz CT molecular complexity index is 534. The number of Topliss-reactive ketones (excluding diaryl/α,β-unsaturated/α-hetero) is 1. The molecule has 0 amide bonds. The topological polar surface area (TPSA) is 77.5 Å². The van der Waals surface area contributed by atoms with E-state index < -0.39 is 21.7 Å². The summed E-state index contributed by atoms with van der Waals surface area (Å²) in [5.41, 5.74) is 0.282. The van der Waals surface area contributed by atoms with Gasteiger partial charge in [-0.05, 0) is 18.9 Å². The largest absolute Gasteiger partial charge is 0.378 e. The fourth-order valence-electron chi connectivity index (χ4n) is 1.41. The number of hydrogen-bond acceptors (Lipinski definition) is 5. The van der Waals surface area contributed by atoms with Gasteiger partial charge in [0.1, 0.15) is 0 Å². The predicted octanol–water partition coefficient (Wildman–Crippen LogP) is 0.971. The highest BCUT2D eigenvalue weighted by Gasteiger charge is 2.31. The number of allylic oxidation sites excluding steroid dienone is 3. The summed E-state index contributed by atoms with van der Waals surface area (Å²) in [6, 6.07) is 0. The van der Waals surface area contributed by atoms with Crippen molar-refractivity contribution in [2.24, 2.45) is 5.92 Å². The minimum atomic E-state index is -3.82. The van der Waals surface area contributed by atoms with Gasteiger partial charge in [-0.15, -0.1) is 0 Å². The molecule has 0 atom stereocenters. The van der Waals surface area contributed by atoms with Crippen LogP contribution in [0.1, 0.15) is 20.8 Å². The molecule has 0 radical (unpaired) electrons. The van der Waals surface area contributed by atoms with Crippen LogP contribution in [0, 0.1) is 5.92 Å². The quantitative estimate of drug-likeness (QED) is 0.557. The molecule has 0 bridgehead atoms. The van der Waals surface area contributed by atoms with E-state index in [2.05, 4.69) is 4.18 Å². The fraction of sp³-hybridized carbons (Fsp3) is 0.455. The third kappa shape index (κ3) is 3.03. The molecule has 6 heteroatoms. The maximum absolute atomic E-state index is 11.9. The Balaban J connectivity index is 3.24. The van der Waals surface area contributed by atoms with Gasteiger partial charge in [0.15, 0.2) is 11.5 Å². The zero-order valence-electron chi connectivity index (χ0n) is 10.1. The van der Waals surface area contributed by atoms with E-state index in [4.69, 9.17) is 0 Å². The van der Waals surface area contributed by atoms with Crippen molar-refractivity contribution in [1.29, 1.82) is 0 Å². The van der Waals surface area contributed by atoms with Gasteiger partial charge in [0.05, 0.1) is 6.26 Å². The minimum Gasteiger partial charge on any atom is -0.378 e. The molecule has 94 valence electrons. The predicted molar refractivity (Wildman–Crippen MR) is 61.6 cm³/mol. The third-order valence-corrected chi connectivity index (χ3v) is 2.79. The Labute approximate surface area is 100 Å². The van der Waals surface area contributed by atoms with E-state index >= 15 is 0 Å². The van der Waals surface area contributed by atoms with Gasteiger partial charge in [-0.25, -0.2) is 0 Å². The molecule has 0 N–H and O–H groups in total. The summed E-state index contributed by atoms with van der Waals surface area (Å²) < 4.78 is 26.7. The summed E-state index contributed by atoms with van der Waals surface area (Å²) in [6.07, 6.45) is 2.07. The van der Waals surface area contributed by atoms with Crippen molar-refractivity contribution in [3.8, 4) is 0 Å². The molecular formula is C11H14O5S. The first-order chi connectivity index (χ1) is 7.63. The average Bonchev–Trinajstić information content (AvgIpc) is 2.16. The summed E-state index contributed by atoms with van der Waals surface area (Å²) in [5.74, 6) is -1.49. The van der Waals surface area contributed by atoms with Gasteiger partial charge >= 0.3 is 10.1 Å². The number of ketones is 2. The standard InChI is InChI=1S/C11H14O5S/c1-6(2)8-5-9(12)7(3)11(10(8)13)16-17(4,14)15/h5-6H,1-4H3. The van der Waals surface area contributed by atoms with E-state index in [1.165, 1.54) is 13.0 Å². The molecule has 17 heavy (non-hydrogen) atoms. The monoisotopic (exact) mass is 258 g/mol. The maximum atomic E-state index is 11.9. The number of hydrogen-bond donors (Lipinski definition) is 0. The Morgan fingerprint density at radius 1 is 1.24 bits per heavy atom. The van der Waals surface area contributed by atoms with Crippen LogP contribution in [0.25, 0.3) is 0 Å². The lowest BCUT2D eigenvalue weighted by Crippen LogP contribution is -2.24. The maximum Gasteiger partial charge on any atom is 0.306 e. The molecule has 0 heterocycles. The highest BCUT2D eigenvalue weighted by Crippen LogP contribution is 2.25. The zero-order valence-corrected chi connectivity index (χ0v) is 10.9. The number of carbonyl (C=O) groups excluding carboxylic acids is 2. The lowest BCUT2D eigenvalue weighted by Gasteiger charge is -2.18. The molecule has 1 rings (SSSR count). The number of rotatable bonds is 3. The molecule has 0 aliphatic heterocycles. The molecule has 0 aromatic heterocycles. The van der Waals surface area contributed by atoms with Crippen LogP contribution in [0.5, 0.6) is 0 Å². The molecule has 0 saturated heterocycles. The van der Waals surface area contributed by atoms with Crippen molar-refractivity contribution in [3.05, 3.63) is 23.0 Å². The Morgan fingerprint density at radius 2 is 1.76 bits per heavy atom. The van der Waals surface area contributed by atoms with E-state index in [9.17, 15) is 18.0 Å². The Morgan fingerprint density at radius 3 is 2.18 bits per heavy atom. The molecule has 0 saturated carbocycles. The SMILES string of the molecule is CC1=C(OS(C)(=O)=O)C(=O)C(C(C)C)=CC1=O. The smallest absolute Gasteiger partial charge is 0.306 e. The van der Waals surface area contributed by atoms with E-state index in [1.807, 2.05) is 0 Å². The van der Waals surface area contributed by atoms with Gasteiger partial charge in [-0.2, -0.15) is 8.42 Å². The lowest BCUT2D eigenvalue weighted by atomic mass is 9.89.